The third-order valence-corrected chi connectivity index (χ3v) is 2.20. The van der Waals surface area contributed by atoms with Gasteiger partial charge >= 0.3 is 0 Å². The summed E-state index contributed by atoms with van der Waals surface area (Å²) in [6.07, 6.45) is 2.41. The van der Waals surface area contributed by atoms with Crippen molar-refractivity contribution in [2.75, 3.05) is 0 Å². The van der Waals surface area contributed by atoms with Gasteiger partial charge in [-0.2, -0.15) is 0 Å². The molecule has 60 valence electrons. The van der Waals surface area contributed by atoms with E-state index in [4.69, 9.17) is 0 Å². The van der Waals surface area contributed by atoms with Gasteiger partial charge in [0.1, 0.15) is 0 Å². The van der Waals surface area contributed by atoms with Crippen molar-refractivity contribution in [3.63, 3.8) is 0 Å². The Kier molecular flexibility index (Phi) is 1.44. The van der Waals surface area contributed by atoms with E-state index < -0.39 is 0 Å². The summed E-state index contributed by atoms with van der Waals surface area (Å²) in [7, 11) is 0. The highest BCUT2D eigenvalue weighted by Crippen LogP contribution is 2.21. The normalized spacial score (nSPS) is 15.9. The van der Waals surface area contributed by atoms with Crippen molar-refractivity contribution in [3.05, 3.63) is 11.4 Å². The average Bonchev–Trinajstić information content (AvgIpc) is 2.41. The second-order valence-electron chi connectivity index (χ2n) is 3.40. The summed E-state index contributed by atoms with van der Waals surface area (Å²) < 4.78 is 2.04. The molecular formula is C8H13N3. The molecular weight excluding hydrogens is 138 g/mol. The summed E-state index contributed by atoms with van der Waals surface area (Å²) in [4.78, 5) is 0. The van der Waals surface area contributed by atoms with E-state index in [9.17, 15) is 0 Å². The molecule has 2 heterocycles. The third kappa shape index (κ3) is 0.951. The van der Waals surface area contributed by atoms with Crippen molar-refractivity contribution in [1.82, 2.24) is 15.0 Å². The second kappa shape index (κ2) is 2.32. The number of aromatic nitrogens is 3. The summed E-state index contributed by atoms with van der Waals surface area (Å²) in [5.41, 5.74) is 2.56. The minimum absolute atomic E-state index is 0.525. The maximum Gasteiger partial charge on any atom is 0.0884 e. The van der Waals surface area contributed by atoms with Crippen LogP contribution in [-0.2, 0) is 13.0 Å². The van der Waals surface area contributed by atoms with Gasteiger partial charge in [0.2, 0.25) is 0 Å². The van der Waals surface area contributed by atoms with Gasteiger partial charge < -0.3 is 0 Å². The van der Waals surface area contributed by atoms with Gasteiger partial charge in [0.15, 0.2) is 0 Å². The molecule has 3 nitrogen and oxygen atoms in total. The summed E-state index contributed by atoms with van der Waals surface area (Å²) >= 11 is 0. The van der Waals surface area contributed by atoms with Crippen LogP contribution >= 0.6 is 0 Å². The molecule has 0 N–H and O–H groups in total. The van der Waals surface area contributed by atoms with E-state index in [0.29, 0.717) is 5.92 Å². The zero-order valence-corrected chi connectivity index (χ0v) is 7.04. The monoisotopic (exact) mass is 151 g/mol. The topological polar surface area (TPSA) is 30.7 Å². The molecule has 11 heavy (non-hydrogen) atoms. The highest BCUT2D eigenvalue weighted by molar-refractivity contribution is 5.16. The van der Waals surface area contributed by atoms with Gasteiger partial charge in [0.25, 0.3) is 0 Å². The molecule has 0 amide bonds. The average molecular weight is 151 g/mol. The van der Waals surface area contributed by atoms with Gasteiger partial charge in [0.05, 0.1) is 11.4 Å². The first-order valence-corrected chi connectivity index (χ1v) is 4.21. The lowest BCUT2D eigenvalue weighted by Gasteiger charge is -1.99. The molecule has 0 aromatic carbocycles. The van der Waals surface area contributed by atoms with E-state index in [1.807, 2.05) is 4.68 Å². The smallest absolute Gasteiger partial charge is 0.0884 e. The van der Waals surface area contributed by atoms with E-state index >= 15 is 0 Å². The molecule has 0 spiro atoms. The third-order valence-electron chi connectivity index (χ3n) is 2.20. The summed E-state index contributed by atoms with van der Waals surface area (Å²) in [5.74, 6) is 0.525. The van der Waals surface area contributed by atoms with Crippen LogP contribution in [0.3, 0.4) is 0 Å². The lowest BCUT2D eigenvalue weighted by molar-refractivity contribution is 0.620. The van der Waals surface area contributed by atoms with Gasteiger partial charge in [-0.25, -0.2) is 4.68 Å². The Balaban J connectivity index is 2.42. The summed E-state index contributed by atoms with van der Waals surface area (Å²) in [6.45, 7) is 5.40. The Morgan fingerprint density at radius 3 is 3.00 bits per heavy atom. The largest absolute Gasteiger partial charge is 0.249 e. The van der Waals surface area contributed by atoms with Gasteiger partial charge in [-0.05, 0) is 18.8 Å². The quantitative estimate of drug-likeness (QED) is 0.606. The number of hydrogen-bond donors (Lipinski definition) is 0. The molecule has 1 aromatic heterocycles. The zero-order valence-electron chi connectivity index (χ0n) is 7.04. The highest BCUT2D eigenvalue weighted by atomic mass is 15.4. The fraction of sp³-hybridized carbons (Fsp3) is 0.750. The molecule has 1 aromatic rings. The van der Waals surface area contributed by atoms with E-state index in [1.165, 1.54) is 24.2 Å². The summed E-state index contributed by atoms with van der Waals surface area (Å²) in [6, 6.07) is 0. The molecule has 1 aliphatic rings. The molecule has 0 saturated heterocycles. The SMILES string of the molecule is CC(C)c1nnn2c1CCC2. The maximum absolute atomic E-state index is 4.15. The molecule has 3 heteroatoms. The lowest BCUT2D eigenvalue weighted by Crippen LogP contribution is -1.95. The van der Waals surface area contributed by atoms with Gasteiger partial charge in [-0.1, -0.05) is 19.1 Å². The number of rotatable bonds is 1. The maximum atomic E-state index is 4.15. The van der Waals surface area contributed by atoms with Crippen LogP contribution < -0.4 is 0 Å². The van der Waals surface area contributed by atoms with E-state index in [1.54, 1.807) is 0 Å². The first-order chi connectivity index (χ1) is 5.29. The van der Waals surface area contributed by atoms with Crippen LogP contribution in [0, 0.1) is 0 Å². The van der Waals surface area contributed by atoms with Crippen LogP contribution in [0.25, 0.3) is 0 Å². The first kappa shape index (κ1) is 6.83. The van der Waals surface area contributed by atoms with Crippen LogP contribution in [-0.4, -0.2) is 15.0 Å². The second-order valence-corrected chi connectivity index (χ2v) is 3.40. The van der Waals surface area contributed by atoms with Crippen LogP contribution in [0.15, 0.2) is 0 Å². The molecule has 1 aliphatic heterocycles. The zero-order chi connectivity index (χ0) is 7.84. The van der Waals surface area contributed by atoms with Gasteiger partial charge in [-0.3, -0.25) is 0 Å². The molecule has 0 fully saturated rings. The van der Waals surface area contributed by atoms with Crippen LogP contribution in [0.2, 0.25) is 0 Å². The van der Waals surface area contributed by atoms with Crippen molar-refractivity contribution in [3.8, 4) is 0 Å². The Bertz CT molecular complexity index is 262. The van der Waals surface area contributed by atoms with Crippen molar-refractivity contribution >= 4 is 0 Å². The Labute approximate surface area is 66.4 Å². The van der Waals surface area contributed by atoms with Crippen molar-refractivity contribution in [2.24, 2.45) is 0 Å². The number of nitrogens with zero attached hydrogens (tertiary/aromatic N) is 3. The first-order valence-electron chi connectivity index (χ1n) is 4.21. The molecule has 0 radical (unpaired) electrons. The van der Waals surface area contributed by atoms with Crippen LogP contribution in [0.1, 0.15) is 37.6 Å². The van der Waals surface area contributed by atoms with Crippen molar-refractivity contribution in [2.45, 2.75) is 39.2 Å². The number of hydrogen-bond acceptors (Lipinski definition) is 2. The lowest BCUT2D eigenvalue weighted by atomic mass is 10.1. The predicted molar refractivity (Wildman–Crippen MR) is 42.4 cm³/mol. The molecule has 2 rings (SSSR count). The fourth-order valence-corrected chi connectivity index (χ4v) is 1.63. The van der Waals surface area contributed by atoms with Crippen LogP contribution in [0.4, 0.5) is 0 Å². The Morgan fingerprint density at radius 2 is 2.27 bits per heavy atom. The minimum Gasteiger partial charge on any atom is -0.249 e. The van der Waals surface area contributed by atoms with Gasteiger partial charge in [-0.15, -0.1) is 5.10 Å². The highest BCUT2D eigenvalue weighted by Gasteiger charge is 2.19. The molecule has 0 unspecified atom stereocenters. The Hall–Kier alpha value is -0.860. The minimum atomic E-state index is 0.525. The van der Waals surface area contributed by atoms with E-state index in [-0.39, 0.29) is 0 Å². The van der Waals surface area contributed by atoms with E-state index in [2.05, 4.69) is 24.2 Å². The molecule has 0 aliphatic carbocycles. The molecule has 0 bridgehead atoms. The molecule has 0 atom stereocenters. The molecule has 0 saturated carbocycles. The van der Waals surface area contributed by atoms with E-state index in [0.717, 1.165) is 6.54 Å². The number of aryl methyl sites for hydroxylation is 1. The van der Waals surface area contributed by atoms with Crippen LogP contribution in [0.5, 0.6) is 0 Å². The number of fused-ring (bicyclic) bond motifs is 1. The fourth-order valence-electron chi connectivity index (χ4n) is 1.63. The van der Waals surface area contributed by atoms with Crippen molar-refractivity contribution < 1.29 is 0 Å². The Morgan fingerprint density at radius 1 is 1.45 bits per heavy atom. The van der Waals surface area contributed by atoms with Gasteiger partial charge in [0, 0.05) is 6.54 Å². The summed E-state index contributed by atoms with van der Waals surface area (Å²) in [5, 5.41) is 8.23. The predicted octanol–water partition coefficient (Wildman–Crippen LogP) is 1.35. The standard InChI is InChI=1S/C8H13N3/c1-6(2)8-7-4-3-5-11(7)10-9-8/h6H,3-5H2,1-2H3. The van der Waals surface area contributed by atoms with Crippen molar-refractivity contribution in [1.29, 1.82) is 0 Å².